The van der Waals surface area contributed by atoms with Gasteiger partial charge in [-0.1, -0.05) is 0 Å². The first-order valence-corrected chi connectivity index (χ1v) is 12.6. The Hall–Kier alpha value is -4.95. The van der Waals surface area contributed by atoms with Crippen molar-refractivity contribution in [3.8, 4) is 0 Å². The van der Waals surface area contributed by atoms with Gasteiger partial charge in [-0.3, -0.25) is 23.9 Å². The van der Waals surface area contributed by atoms with Crippen LogP contribution in [0.2, 0.25) is 0 Å². The number of rotatable bonds is 7. The van der Waals surface area contributed by atoms with E-state index in [1.54, 1.807) is 51.8 Å². The van der Waals surface area contributed by atoms with E-state index in [0.717, 1.165) is 0 Å². The lowest BCUT2D eigenvalue weighted by Gasteiger charge is -2.36. The maximum Gasteiger partial charge on any atom is 0.414 e. The molecule has 5 rings (SSSR count). The zero-order chi connectivity index (χ0) is 28.4. The van der Waals surface area contributed by atoms with Gasteiger partial charge in [-0.15, -0.1) is 0 Å². The highest BCUT2D eigenvalue weighted by atomic mass is 19.1. The number of cyclic esters (lactones) is 1. The van der Waals surface area contributed by atoms with Gasteiger partial charge in [0.2, 0.25) is 5.91 Å². The molecule has 3 aromatic rings. The molecule has 2 saturated heterocycles. The molecule has 1 aromatic carbocycles. The number of carboxylic acid groups (broad SMARTS) is 1. The molecule has 2 aliphatic heterocycles. The van der Waals surface area contributed by atoms with Crippen LogP contribution in [-0.2, 0) is 9.53 Å². The smallest absolute Gasteiger partial charge is 0.414 e. The van der Waals surface area contributed by atoms with Crippen LogP contribution in [0.15, 0.2) is 36.8 Å². The molecule has 2 aliphatic rings. The molecule has 0 spiro atoms. The number of carbonyl (C=O) groups excluding carboxylic acids is 3. The molecule has 0 saturated carbocycles. The predicted octanol–water partition coefficient (Wildman–Crippen LogP) is 0.848. The van der Waals surface area contributed by atoms with Crippen molar-refractivity contribution in [2.75, 3.05) is 55.6 Å². The van der Waals surface area contributed by atoms with Crippen molar-refractivity contribution < 1.29 is 33.4 Å². The summed E-state index contributed by atoms with van der Waals surface area (Å²) in [6.45, 7) is 2.98. The fourth-order valence-electron chi connectivity index (χ4n) is 4.81. The molecule has 4 amide bonds. The van der Waals surface area contributed by atoms with Gasteiger partial charge in [0.1, 0.15) is 17.6 Å². The highest BCUT2D eigenvalue weighted by Crippen LogP contribution is 2.28. The molecule has 0 bridgehead atoms. The Labute approximate surface area is 227 Å². The fraction of sp³-hybridized carbons (Fsp3) is 0.360. The number of hydrogen-bond acceptors (Lipinski definition) is 8. The van der Waals surface area contributed by atoms with Crippen molar-refractivity contribution in [3.05, 3.63) is 54.0 Å². The topological polar surface area (TPSA) is 162 Å². The minimum Gasteiger partial charge on any atom is -0.465 e. The third-order valence-corrected chi connectivity index (χ3v) is 6.79. The van der Waals surface area contributed by atoms with Crippen molar-refractivity contribution in [1.82, 2.24) is 29.9 Å². The Kier molecular flexibility index (Phi) is 7.35. The number of carbonyl (C=O) groups is 4. The Morgan fingerprint density at radius 3 is 2.67 bits per heavy atom. The van der Waals surface area contributed by atoms with Gasteiger partial charge in [0.05, 0.1) is 42.9 Å². The Morgan fingerprint density at radius 1 is 1.18 bits per heavy atom. The highest BCUT2D eigenvalue weighted by molar-refractivity contribution is 5.96. The molecule has 2 fully saturated rings. The van der Waals surface area contributed by atoms with Gasteiger partial charge in [0.25, 0.3) is 5.91 Å². The number of nitrogens with zero attached hydrogens (tertiary/aromatic N) is 6. The number of ether oxygens (including phenoxy) is 1. The highest BCUT2D eigenvalue weighted by Gasteiger charge is 2.33. The zero-order valence-electron chi connectivity index (χ0n) is 21.5. The molecule has 210 valence electrons. The molecule has 40 heavy (non-hydrogen) atoms. The van der Waals surface area contributed by atoms with Crippen LogP contribution in [0, 0.1) is 12.7 Å². The summed E-state index contributed by atoms with van der Waals surface area (Å²) in [5.74, 6) is -1.21. The fourth-order valence-corrected chi connectivity index (χ4v) is 4.81. The van der Waals surface area contributed by atoms with Crippen molar-refractivity contribution in [3.63, 3.8) is 0 Å². The number of aryl methyl sites for hydroxylation is 1. The first kappa shape index (κ1) is 26.6. The van der Waals surface area contributed by atoms with Crippen LogP contribution in [0.1, 0.15) is 16.2 Å². The molecular weight excluding hydrogens is 527 g/mol. The summed E-state index contributed by atoms with van der Waals surface area (Å²) < 4.78 is 21.8. The first-order chi connectivity index (χ1) is 19.2. The van der Waals surface area contributed by atoms with Gasteiger partial charge >= 0.3 is 12.2 Å². The summed E-state index contributed by atoms with van der Waals surface area (Å²) in [5, 5.41) is 13.5. The Morgan fingerprint density at radius 2 is 1.95 bits per heavy atom. The monoisotopic (exact) mass is 554 g/mol. The second-order valence-corrected chi connectivity index (χ2v) is 9.34. The van der Waals surface area contributed by atoms with E-state index in [0.29, 0.717) is 54.6 Å². The van der Waals surface area contributed by atoms with E-state index in [2.05, 4.69) is 20.6 Å². The van der Waals surface area contributed by atoms with Gasteiger partial charge in [-0.2, -0.15) is 0 Å². The van der Waals surface area contributed by atoms with E-state index in [-0.39, 0.29) is 25.5 Å². The van der Waals surface area contributed by atoms with Crippen molar-refractivity contribution in [2.45, 2.75) is 13.0 Å². The van der Waals surface area contributed by atoms with Crippen LogP contribution >= 0.6 is 0 Å². The molecule has 3 N–H and O–H groups in total. The summed E-state index contributed by atoms with van der Waals surface area (Å²) in [6, 6.07) is 4.39. The van der Waals surface area contributed by atoms with E-state index in [4.69, 9.17) is 9.84 Å². The van der Waals surface area contributed by atoms with Crippen molar-refractivity contribution >= 4 is 41.0 Å². The Bertz CT molecular complexity index is 1470. The number of benzene rings is 1. The lowest BCUT2D eigenvalue weighted by molar-refractivity contribution is -0.130. The quantitative estimate of drug-likeness (QED) is 0.384. The maximum absolute atomic E-state index is 15.1. The van der Waals surface area contributed by atoms with E-state index >= 15 is 4.39 Å². The van der Waals surface area contributed by atoms with E-state index in [1.165, 1.54) is 11.0 Å². The molecule has 0 aliphatic carbocycles. The van der Waals surface area contributed by atoms with Crippen LogP contribution in [0.25, 0.3) is 5.65 Å². The normalized spacial score (nSPS) is 17.2. The molecule has 0 unspecified atom stereocenters. The number of hydrogen-bond donors (Lipinski definition) is 3. The van der Waals surface area contributed by atoms with Crippen LogP contribution in [0.5, 0.6) is 0 Å². The number of imidazole rings is 1. The zero-order valence-corrected chi connectivity index (χ0v) is 21.5. The van der Waals surface area contributed by atoms with E-state index in [1.807, 2.05) is 0 Å². The van der Waals surface area contributed by atoms with Gasteiger partial charge in [-0.05, 0) is 25.1 Å². The molecule has 14 nitrogen and oxygen atoms in total. The van der Waals surface area contributed by atoms with Gasteiger partial charge < -0.3 is 30.3 Å². The minimum absolute atomic E-state index is 0.0667. The number of aromatic nitrogens is 3. The lowest BCUT2D eigenvalue weighted by atomic mass is 10.2. The summed E-state index contributed by atoms with van der Waals surface area (Å²) in [6.07, 6.45) is 2.13. The number of amides is 4. The van der Waals surface area contributed by atoms with Gasteiger partial charge in [0, 0.05) is 38.6 Å². The second kappa shape index (κ2) is 11.0. The van der Waals surface area contributed by atoms with Crippen LogP contribution in [0.3, 0.4) is 0 Å². The molecule has 0 radical (unpaired) electrons. The summed E-state index contributed by atoms with van der Waals surface area (Å²) in [7, 11) is 0. The van der Waals surface area contributed by atoms with Crippen LogP contribution in [0.4, 0.5) is 25.4 Å². The second-order valence-electron chi connectivity index (χ2n) is 9.34. The first-order valence-electron chi connectivity index (χ1n) is 12.6. The minimum atomic E-state index is -1.23. The third-order valence-electron chi connectivity index (χ3n) is 6.79. The third kappa shape index (κ3) is 5.43. The standard InChI is InChI=1S/C25H27FN8O6/c1-15-22(33-5-4-27-12-20(33)30-15)23(36)28-13-21(35)32-8-6-31(7-9-32)19-3-2-16(10-18(19)26)34-14-17(40-25(34)39)11-29-24(37)38/h2-5,10,12,17,29H,6-9,11,13-14H2,1H3,(H,28,36)(H,37,38)/t17-/m0/s1. The summed E-state index contributed by atoms with van der Waals surface area (Å²) in [4.78, 5) is 61.3. The number of fused-ring (bicyclic) bond motifs is 1. The average molecular weight is 555 g/mol. The number of piperazine rings is 1. The predicted molar refractivity (Wildman–Crippen MR) is 139 cm³/mol. The summed E-state index contributed by atoms with van der Waals surface area (Å²) >= 11 is 0. The molecule has 2 aromatic heterocycles. The molecule has 4 heterocycles. The number of anilines is 2. The maximum atomic E-state index is 15.1. The van der Waals surface area contributed by atoms with Crippen LogP contribution in [-0.4, -0.2) is 100 Å². The Balaban J connectivity index is 1.14. The van der Waals surface area contributed by atoms with Gasteiger partial charge in [-0.25, -0.2) is 19.0 Å². The van der Waals surface area contributed by atoms with Gasteiger partial charge in [0.15, 0.2) is 5.65 Å². The molecule has 1 atom stereocenters. The summed E-state index contributed by atoms with van der Waals surface area (Å²) in [5.41, 5.74) is 2.02. The average Bonchev–Trinajstić information content (AvgIpc) is 3.48. The van der Waals surface area contributed by atoms with Crippen molar-refractivity contribution in [2.24, 2.45) is 0 Å². The van der Waals surface area contributed by atoms with E-state index < -0.39 is 30.0 Å². The SMILES string of the molecule is Cc1nc2cnccn2c1C(=O)NCC(=O)N1CCN(c2ccc(N3C[C@H](CNC(=O)O)OC3=O)cc2F)CC1. The van der Waals surface area contributed by atoms with E-state index in [9.17, 15) is 19.2 Å². The van der Waals surface area contributed by atoms with Crippen molar-refractivity contribution in [1.29, 1.82) is 0 Å². The molecular formula is C25H27FN8O6. The van der Waals surface area contributed by atoms with Crippen LogP contribution < -0.4 is 20.4 Å². The number of nitrogens with one attached hydrogen (secondary N) is 2. The number of halogens is 1. The molecule has 15 heteroatoms. The lowest BCUT2D eigenvalue weighted by Crippen LogP contribution is -2.51. The largest absolute Gasteiger partial charge is 0.465 e.